The van der Waals surface area contributed by atoms with Gasteiger partial charge in [0.15, 0.2) is 4.87 Å². The van der Waals surface area contributed by atoms with Crippen molar-refractivity contribution in [2.75, 3.05) is 38.5 Å². The van der Waals surface area contributed by atoms with Gasteiger partial charge >= 0.3 is 0 Å². The van der Waals surface area contributed by atoms with Crippen molar-refractivity contribution < 1.29 is 4.79 Å². The molecule has 2 fully saturated rings. The number of benzene rings is 2. The van der Waals surface area contributed by atoms with Crippen molar-refractivity contribution in [2.24, 2.45) is 0 Å². The third-order valence-electron chi connectivity index (χ3n) is 8.06. The SMILES string of the molecule is O=C(NCCCCCCCN1CCC(=C(c2ccccc2)c2ccccc2)CC1)[C@]1(c2cccnc2)NCCS1. The van der Waals surface area contributed by atoms with Crippen molar-refractivity contribution in [3.05, 3.63) is 107 Å². The van der Waals surface area contributed by atoms with Crippen LogP contribution in [-0.4, -0.2) is 54.3 Å². The predicted molar refractivity (Wildman–Crippen MR) is 167 cm³/mol. The first kappa shape index (κ1) is 28.6. The van der Waals surface area contributed by atoms with Crippen molar-refractivity contribution in [2.45, 2.75) is 49.8 Å². The Hall–Kier alpha value is -2.93. The van der Waals surface area contributed by atoms with Crippen molar-refractivity contribution in [1.29, 1.82) is 0 Å². The van der Waals surface area contributed by atoms with E-state index in [0.29, 0.717) is 0 Å². The minimum atomic E-state index is -0.694. The Kier molecular flexibility index (Phi) is 10.5. The summed E-state index contributed by atoms with van der Waals surface area (Å²) in [5.41, 5.74) is 6.62. The Morgan fingerprint density at radius 1 is 0.875 bits per heavy atom. The summed E-state index contributed by atoms with van der Waals surface area (Å²) in [5.74, 6) is 0.988. The molecule has 6 heteroatoms. The lowest BCUT2D eigenvalue weighted by Crippen LogP contribution is -2.49. The molecule has 2 aromatic carbocycles. The maximum absolute atomic E-state index is 13.1. The monoisotopic (exact) mass is 554 g/mol. The molecular formula is C34H42N4OS. The van der Waals surface area contributed by atoms with Gasteiger partial charge in [0.2, 0.25) is 0 Å². The molecule has 0 unspecified atom stereocenters. The van der Waals surface area contributed by atoms with Gasteiger partial charge in [-0.2, -0.15) is 0 Å². The van der Waals surface area contributed by atoms with Crippen LogP contribution in [0.25, 0.3) is 5.57 Å². The maximum Gasteiger partial charge on any atom is 0.255 e. The number of unbranched alkanes of at least 4 members (excludes halogenated alkanes) is 4. The highest BCUT2D eigenvalue weighted by Crippen LogP contribution is 2.37. The van der Waals surface area contributed by atoms with Gasteiger partial charge in [-0.25, -0.2) is 0 Å². The summed E-state index contributed by atoms with van der Waals surface area (Å²) >= 11 is 1.67. The molecule has 2 aliphatic heterocycles. The third kappa shape index (κ3) is 7.22. The zero-order valence-corrected chi connectivity index (χ0v) is 24.3. The molecule has 3 heterocycles. The molecule has 2 saturated heterocycles. The van der Waals surface area contributed by atoms with E-state index in [2.05, 4.69) is 81.2 Å². The standard InChI is InChI=1S/C34H42N4OS/c39-33(34(37-22-26-40-34)31-17-12-20-35-27-31)36-21-10-2-1-3-11-23-38-24-18-30(19-25-38)32(28-13-6-4-7-14-28)29-15-8-5-9-16-29/h4-9,12-17,20,27,37H,1-3,10-11,18-19,21-26H2,(H,36,39)/t34-/m1/s1. The number of hydrogen-bond donors (Lipinski definition) is 2. The number of carbonyl (C=O) groups is 1. The molecule has 3 aromatic rings. The summed E-state index contributed by atoms with van der Waals surface area (Å²) < 4.78 is 0. The number of piperidine rings is 1. The van der Waals surface area contributed by atoms with E-state index >= 15 is 0 Å². The van der Waals surface area contributed by atoms with E-state index < -0.39 is 4.87 Å². The fraction of sp³-hybridized carbons (Fsp3) is 0.412. The molecular weight excluding hydrogens is 512 g/mol. The molecule has 1 aromatic heterocycles. The number of pyridine rings is 1. The van der Waals surface area contributed by atoms with E-state index in [9.17, 15) is 4.79 Å². The number of nitrogens with zero attached hydrogens (tertiary/aromatic N) is 2. The first-order chi connectivity index (χ1) is 19.8. The second-order valence-electron chi connectivity index (χ2n) is 10.8. The van der Waals surface area contributed by atoms with Crippen LogP contribution in [0.4, 0.5) is 0 Å². The first-order valence-corrected chi connectivity index (χ1v) is 15.9. The van der Waals surface area contributed by atoms with E-state index in [0.717, 1.165) is 63.2 Å². The van der Waals surface area contributed by atoms with E-state index in [4.69, 9.17) is 0 Å². The number of thioether (sulfide) groups is 1. The third-order valence-corrected chi connectivity index (χ3v) is 9.46. The smallest absolute Gasteiger partial charge is 0.255 e. The summed E-state index contributed by atoms with van der Waals surface area (Å²) in [7, 11) is 0. The Morgan fingerprint density at radius 3 is 2.17 bits per heavy atom. The first-order valence-electron chi connectivity index (χ1n) is 14.9. The van der Waals surface area contributed by atoms with Crippen LogP contribution in [0.3, 0.4) is 0 Å². The average Bonchev–Trinajstić information content (AvgIpc) is 3.52. The lowest BCUT2D eigenvalue weighted by molar-refractivity contribution is -0.124. The van der Waals surface area contributed by atoms with Crippen LogP contribution in [0.5, 0.6) is 0 Å². The van der Waals surface area contributed by atoms with Crippen LogP contribution in [0.2, 0.25) is 0 Å². The zero-order valence-electron chi connectivity index (χ0n) is 23.5. The number of carbonyl (C=O) groups excluding carboxylic acids is 1. The van der Waals surface area contributed by atoms with Gasteiger partial charge in [-0.15, -0.1) is 11.8 Å². The van der Waals surface area contributed by atoms with Crippen molar-refractivity contribution in [3.63, 3.8) is 0 Å². The highest BCUT2D eigenvalue weighted by atomic mass is 32.2. The molecule has 0 spiro atoms. The Labute approximate surface area is 243 Å². The predicted octanol–water partition coefficient (Wildman–Crippen LogP) is 6.24. The molecule has 5 rings (SSSR count). The normalized spacial score (nSPS) is 19.4. The van der Waals surface area contributed by atoms with Gasteiger partial charge in [0, 0.05) is 49.9 Å². The van der Waals surface area contributed by atoms with Crippen molar-refractivity contribution >= 4 is 23.2 Å². The minimum absolute atomic E-state index is 0.0594. The van der Waals surface area contributed by atoms with E-state index in [1.165, 1.54) is 42.5 Å². The van der Waals surface area contributed by atoms with Crippen LogP contribution in [0, 0.1) is 0 Å². The van der Waals surface area contributed by atoms with E-state index in [1.807, 2.05) is 12.1 Å². The Morgan fingerprint density at radius 2 is 1.55 bits per heavy atom. The van der Waals surface area contributed by atoms with Crippen LogP contribution in [-0.2, 0) is 9.67 Å². The van der Waals surface area contributed by atoms with Crippen LogP contribution >= 0.6 is 11.8 Å². The van der Waals surface area contributed by atoms with Gasteiger partial charge in [-0.05, 0) is 55.0 Å². The van der Waals surface area contributed by atoms with E-state index in [1.54, 1.807) is 29.7 Å². The summed E-state index contributed by atoms with van der Waals surface area (Å²) in [6.07, 6.45) is 11.8. The second kappa shape index (κ2) is 14.6. The minimum Gasteiger partial charge on any atom is -0.353 e. The molecule has 1 atom stereocenters. The maximum atomic E-state index is 13.1. The average molecular weight is 555 g/mol. The summed E-state index contributed by atoms with van der Waals surface area (Å²) in [6.45, 7) is 5.05. The molecule has 2 aliphatic rings. The van der Waals surface area contributed by atoms with Gasteiger partial charge in [-0.1, -0.05) is 91.6 Å². The Bertz CT molecular complexity index is 1180. The largest absolute Gasteiger partial charge is 0.353 e. The molecule has 0 aliphatic carbocycles. The number of nitrogens with one attached hydrogen (secondary N) is 2. The van der Waals surface area contributed by atoms with Gasteiger partial charge < -0.3 is 10.2 Å². The zero-order chi connectivity index (χ0) is 27.5. The van der Waals surface area contributed by atoms with Gasteiger partial charge in [0.1, 0.15) is 0 Å². The molecule has 0 bridgehead atoms. The number of aromatic nitrogens is 1. The molecule has 210 valence electrons. The fourth-order valence-corrected chi connectivity index (χ4v) is 7.12. The van der Waals surface area contributed by atoms with Crippen molar-refractivity contribution in [1.82, 2.24) is 20.5 Å². The van der Waals surface area contributed by atoms with Gasteiger partial charge in [-0.3, -0.25) is 15.1 Å². The topological polar surface area (TPSA) is 57.3 Å². The lowest BCUT2D eigenvalue weighted by Gasteiger charge is -2.30. The second-order valence-corrected chi connectivity index (χ2v) is 12.1. The fourth-order valence-electron chi connectivity index (χ4n) is 5.91. The quantitative estimate of drug-likeness (QED) is 0.260. The molecule has 5 nitrogen and oxygen atoms in total. The van der Waals surface area contributed by atoms with Crippen LogP contribution < -0.4 is 10.6 Å². The highest BCUT2D eigenvalue weighted by molar-refractivity contribution is 8.01. The van der Waals surface area contributed by atoms with Crippen molar-refractivity contribution in [3.8, 4) is 0 Å². The van der Waals surface area contributed by atoms with E-state index in [-0.39, 0.29) is 5.91 Å². The summed E-state index contributed by atoms with van der Waals surface area (Å²) in [4.78, 5) is 19.2. The summed E-state index contributed by atoms with van der Waals surface area (Å²) in [5, 5.41) is 6.60. The molecule has 1 amide bonds. The highest BCUT2D eigenvalue weighted by Gasteiger charge is 2.43. The molecule has 0 saturated carbocycles. The van der Waals surface area contributed by atoms with Gasteiger partial charge in [0.05, 0.1) is 0 Å². The van der Waals surface area contributed by atoms with Gasteiger partial charge in [0.25, 0.3) is 5.91 Å². The molecule has 40 heavy (non-hydrogen) atoms. The number of amides is 1. The lowest BCUT2D eigenvalue weighted by atomic mass is 9.88. The number of rotatable bonds is 12. The van der Waals surface area contributed by atoms with Crippen LogP contribution in [0.15, 0.2) is 90.8 Å². The Balaban J connectivity index is 1.00. The summed E-state index contributed by atoms with van der Waals surface area (Å²) in [6, 6.07) is 25.7. The molecule has 0 radical (unpaired) electrons. The van der Waals surface area contributed by atoms with Crippen LogP contribution in [0.1, 0.15) is 61.6 Å². The number of hydrogen-bond acceptors (Lipinski definition) is 5. The number of likely N-dealkylation sites (tertiary alicyclic amines) is 1. The molecule has 2 N–H and O–H groups in total.